The van der Waals surface area contributed by atoms with E-state index < -0.39 is 0 Å². The van der Waals surface area contributed by atoms with Crippen molar-refractivity contribution in [1.29, 1.82) is 0 Å². The molecule has 0 fully saturated rings. The molecule has 0 aromatic carbocycles. The van der Waals surface area contributed by atoms with Crippen molar-refractivity contribution in [2.75, 3.05) is 5.75 Å². The summed E-state index contributed by atoms with van der Waals surface area (Å²) in [6, 6.07) is 1.95. The molecule has 3 rings (SSSR count). The summed E-state index contributed by atoms with van der Waals surface area (Å²) in [5, 5.41) is 3.72. The first-order valence-corrected chi connectivity index (χ1v) is 9.24. The van der Waals surface area contributed by atoms with Gasteiger partial charge in [0.25, 0.3) is 0 Å². The highest BCUT2D eigenvalue weighted by atomic mass is 32.2. The molecule has 0 spiro atoms. The average Bonchev–Trinajstić information content (AvgIpc) is 3.25. The maximum Gasteiger partial charge on any atom is 0.193 e. The van der Waals surface area contributed by atoms with Crippen molar-refractivity contribution in [1.82, 2.24) is 19.1 Å². The Hall–Kier alpha value is -1.86. The van der Waals surface area contributed by atoms with E-state index in [4.69, 9.17) is 0 Å². The fourth-order valence-corrected chi connectivity index (χ4v) is 4.21. The summed E-state index contributed by atoms with van der Waals surface area (Å²) in [6.07, 6.45) is 5.48. The van der Waals surface area contributed by atoms with Crippen LogP contribution < -0.4 is 0 Å². The first-order valence-electron chi connectivity index (χ1n) is 7.37. The van der Waals surface area contributed by atoms with E-state index in [9.17, 15) is 4.79 Å². The van der Waals surface area contributed by atoms with Gasteiger partial charge in [0.2, 0.25) is 0 Å². The van der Waals surface area contributed by atoms with Gasteiger partial charge in [0.05, 0.1) is 5.75 Å². The van der Waals surface area contributed by atoms with Crippen LogP contribution in [0, 0.1) is 13.8 Å². The molecule has 0 amide bonds. The lowest BCUT2D eigenvalue weighted by molar-refractivity contribution is 0.102. The van der Waals surface area contributed by atoms with Crippen molar-refractivity contribution in [2.24, 2.45) is 0 Å². The van der Waals surface area contributed by atoms with Crippen LogP contribution in [0.25, 0.3) is 5.13 Å². The second kappa shape index (κ2) is 6.72. The fraction of sp³-hybridized carbons (Fsp3) is 0.312. The molecule has 5 nitrogen and oxygen atoms in total. The molecule has 0 aliphatic rings. The van der Waals surface area contributed by atoms with Gasteiger partial charge in [0, 0.05) is 47.5 Å². The zero-order chi connectivity index (χ0) is 16.4. The van der Waals surface area contributed by atoms with Gasteiger partial charge in [-0.3, -0.25) is 9.36 Å². The second-order valence-electron chi connectivity index (χ2n) is 5.14. The summed E-state index contributed by atoms with van der Waals surface area (Å²) in [6.45, 7) is 6.89. The highest BCUT2D eigenvalue weighted by molar-refractivity contribution is 7.99. The summed E-state index contributed by atoms with van der Waals surface area (Å²) < 4.78 is 4.08. The fourth-order valence-electron chi connectivity index (χ4n) is 2.55. The summed E-state index contributed by atoms with van der Waals surface area (Å²) in [4.78, 5) is 21.2. The van der Waals surface area contributed by atoms with Crippen molar-refractivity contribution in [3.05, 3.63) is 47.0 Å². The summed E-state index contributed by atoms with van der Waals surface area (Å²) in [7, 11) is 0. The van der Waals surface area contributed by atoms with Crippen LogP contribution in [0.2, 0.25) is 0 Å². The van der Waals surface area contributed by atoms with Crippen molar-refractivity contribution in [2.45, 2.75) is 32.5 Å². The van der Waals surface area contributed by atoms with Crippen LogP contribution in [0.4, 0.5) is 0 Å². The molecule has 0 saturated heterocycles. The van der Waals surface area contributed by atoms with Crippen LogP contribution in [-0.2, 0) is 6.54 Å². The van der Waals surface area contributed by atoms with Crippen LogP contribution in [0.3, 0.4) is 0 Å². The van der Waals surface area contributed by atoms with E-state index in [0.717, 1.165) is 33.8 Å². The molecule has 7 heteroatoms. The zero-order valence-corrected chi connectivity index (χ0v) is 14.9. The molecule has 0 bridgehead atoms. The highest BCUT2D eigenvalue weighted by Crippen LogP contribution is 2.24. The monoisotopic (exact) mass is 346 g/mol. The van der Waals surface area contributed by atoms with Crippen LogP contribution in [0.5, 0.6) is 0 Å². The highest BCUT2D eigenvalue weighted by Gasteiger charge is 2.18. The van der Waals surface area contributed by atoms with Gasteiger partial charge < -0.3 is 4.57 Å². The standard InChI is InChI=1S/C16H18N4OS2/c1-4-19-7-5-17-15(19)23-10-14(21)13-9-11(2)20(12(13)3)16-18-6-8-22-16/h5-9H,4,10H2,1-3H3. The Morgan fingerprint density at radius 1 is 1.30 bits per heavy atom. The number of aryl methyl sites for hydroxylation is 2. The van der Waals surface area contributed by atoms with Crippen molar-refractivity contribution in [3.8, 4) is 5.13 Å². The quantitative estimate of drug-likeness (QED) is 0.504. The Morgan fingerprint density at radius 2 is 2.13 bits per heavy atom. The number of Topliss-reactive ketones (excluding diaryl/α,β-unsaturated/α-hetero) is 1. The van der Waals surface area contributed by atoms with Crippen LogP contribution in [0.1, 0.15) is 28.7 Å². The molecule has 0 aliphatic heterocycles. The van der Waals surface area contributed by atoms with Gasteiger partial charge in [-0.1, -0.05) is 11.8 Å². The van der Waals surface area contributed by atoms with Gasteiger partial charge in [0.15, 0.2) is 16.1 Å². The number of hydrogen-bond donors (Lipinski definition) is 0. The lowest BCUT2D eigenvalue weighted by atomic mass is 10.2. The van der Waals surface area contributed by atoms with E-state index in [1.807, 2.05) is 40.6 Å². The normalized spacial score (nSPS) is 11.1. The summed E-state index contributed by atoms with van der Waals surface area (Å²) in [5.74, 6) is 0.510. The van der Waals surface area contributed by atoms with Gasteiger partial charge in [-0.25, -0.2) is 9.97 Å². The molecule has 0 aliphatic carbocycles. The molecule has 120 valence electrons. The maximum atomic E-state index is 12.6. The Morgan fingerprint density at radius 3 is 2.83 bits per heavy atom. The molecule has 0 N–H and O–H groups in total. The molecule has 0 saturated carbocycles. The van der Waals surface area contributed by atoms with Gasteiger partial charge >= 0.3 is 0 Å². The average molecular weight is 346 g/mol. The number of imidazole rings is 1. The first-order chi connectivity index (χ1) is 11.1. The van der Waals surface area contributed by atoms with Gasteiger partial charge in [-0.15, -0.1) is 11.3 Å². The number of rotatable bonds is 6. The minimum Gasteiger partial charge on any atom is -0.326 e. The van der Waals surface area contributed by atoms with Crippen LogP contribution in [-0.4, -0.2) is 30.6 Å². The SMILES string of the molecule is CCn1ccnc1SCC(=O)c1cc(C)n(-c2nccs2)c1C. The Bertz CT molecular complexity index is 817. The zero-order valence-electron chi connectivity index (χ0n) is 13.3. The van der Waals surface area contributed by atoms with Gasteiger partial charge in [0.1, 0.15) is 0 Å². The molecule has 3 aromatic heterocycles. The third kappa shape index (κ3) is 3.11. The largest absolute Gasteiger partial charge is 0.326 e. The first kappa shape index (κ1) is 16.0. The topological polar surface area (TPSA) is 52.7 Å². The molecular formula is C16H18N4OS2. The molecule has 0 atom stereocenters. The number of carbonyl (C=O) groups excluding carboxylic acids is 1. The third-order valence-corrected chi connectivity index (χ3v) is 5.45. The molecule has 0 radical (unpaired) electrons. The Kier molecular flexibility index (Phi) is 4.68. The summed E-state index contributed by atoms with van der Waals surface area (Å²) >= 11 is 3.05. The number of aromatic nitrogens is 4. The van der Waals surface area contributed by atoms with Gasteiger partial charge in [-0.05, 0) is 26.8 Å². The van der Waals surface area contributed by atoms with Crippen LogP contribution >= 0.6 is 23.1 Å². The number of hydrogen-bond acceptors (Lipinski definition) is 5. The molecule has 3 heterocycles. The van der Waals surface area contributed by atoms with Gasteiger partial charge in [-0.2, -0.15) is 0 Å². The van der Waals surface area contributed by atoms with Crippen molar-refractivity contribution < 1.29 is 4.79 Å². The van der Waals surface area contributed by atoms with E-state index in [1.54, 1.807) is 23.7 Å². The number of ketones is 1. The predicted molar refractivity (Wildman–Crippen MR) is 93.9 cm³/mol. The second-order valence-corrected chi connectivity index (χ2v) is 6.96. The minimum absolute atomic E-state index is 0.122. The Balaban J connectivity index is 1.79. The molecule has 23 heavy (non-hydrogen) atoms. The Labute approximate surface area is 143 Å². The van der Waals surface area contributed by atoms with E-state index in [-0.39, 0.29) is 5.78 Å². The lowest BCUT2D eigenvalue weighted by Gasteiger charge is -2.06. The molecule has 3 aromatic rings. The predicted octanol–water partition coefficient (Wildman–Crippen LogP) is 3.74. The number of nitrogens with zero attached hydrogens (tertiary/aromatic N) is 4. The van der Waals surface area contributed by atoms with Crippen molar-refractivity contribution >= 4 is 28.9 Å². The van der Waals surface area contributed by atoms with E-state index in [1.165, 1.54) is 11.8 Å². The number of thiazole rings is 1. The van der Waals surface area contributed by atoms with E-state index in [2.05, 4.69) is 16.9 Å². The lowest BCUT2D eigenvalue weighted by Crippen LogP contribution is -2.06. The molecule has 0 unspecified atom stereocenters. The smallest absolute Gasteiger partial charge is 0.193 e. The minimum atomic E-state index is 0.122. The molecular weight excluding hydrogens is 328 g/mol. The number of carbonyl (C=O) groups is 1. The van der Waals surface area contributed by atoms with Crippen LogP contribution in [0.15, 0.2) is 35.2 Å². The van der Waals surface area contributed by atoms with E-state index in [0.29, 0.717) is 5.75 Å². The third-order valence-electron chi connectivity index (χ3n) is 3.69. The maximum absolute atomic E-state index is 12.6. The number of thioether (sulfide) groups is 1. The summed E-state index contributed by atoms with van der Waals surface area (Å²) in [5.41, 5.74) is 2.74. The van der Waals surface area contributed by atoms with Crippen molar-refractivity contribution in [3.63, 3.8) is 0 Å². The van der Waals surface area contributed by atoms with E-state index >= 15 is 0 Å².